The minimum Gasteiger partial charge on any atom is -0.467 e. The fraction of sp³-hybridized carbons (Fsp3) is 0.188. The number of fused-ring (bicyclic) bond motifs is 2. The lowest BCUT2D eigenvalue weighted by Crippen LogP contribution is -2.55. The Morgan fingerprint density at radius 1 is 1.22 bits per heavy atom. The Hall–Kier alpha value is -5.53. The molecule has 0 aliphatic carbocycles. The number of amides is 1. The summed E-state index contributed by atoms with van der Waals surface area (Å²) in [6, 6.07) is 9.07. The van der Waals surface area contributed by atoms with Crippen molar-refractivity contribution in [2.75, 3.05) is 31.6 Å². The maximum atomic E-state index is 16.4. The number of thiazole rings is 1. The highest BCUT2D eigenvalue weighted by molar-refractivity contribution is 7.10. The highest BCUT2D eigenvalue weighted by Gasteiger charge is 2.34. The number of terminal acetylenes is 1. The van der Waals surface area contributed by atoms with Crippen LogP contribution in [0, 0.1) is 35.3 Å². The van der Waals surface area contributed by atoms with Gasteiger partial charge in [0.25, 0.3) is 5.91 Å². The van der Waals surface area contributed by atoms with Crippen molar-refractivity contribution in [1.29, 1.82) is 5.26 Å². The molecule has 6 rings (SSSR count). The van der Waals surface area contributed by atoms with Crippen molar-refractivity contribution in [2.24, 2.45) is 0 Å². The van der Waals surface area contributed by atoms with E-state index in [2.05, 4.69) is 31.9 Å². The van der Waals surface area contributed by atoms with Gasteiger partial charge in [-0.05, 0) is 11.5 Å². The van der Waals surface area contributed by atoms with E-state index in [0.29, 0.717) is 15.8 Å². The number of carbonyl (C=O) groups is 1. The predicted molar refractivity (Wildman–Crippen MR) is 164 cm³/mol. The smallest absolute Gasteiger partial charge is 0.318 e. The van der Waals surface area contributed by atoms with Crippen LogP contribution < -0.4 is 9.64 Å². The number of aromatic nitrogens is 4. The molecule has 13 heteroatoms. The minimum atomic E-state index is -0.990. The van der Waals surface area contributed by atoms with Crippen LogP contribution in [0.3, 0.4) is 0 Å². The molecule has 1 aliphatic rings. The van der Waals surface area contributed by atoms with E-state index in [1.165, 1.54) is 41.8 Å². The minimum absolute atomic E-state index is 0.0146. The first-order chi connectivity index (χ1) is 21.8. The number of nitrogens with zero attached hydrogens (tertiary/aromatic N) is 7. The van der Waals surface area contributed by atoms with Crippen molar-refractivity contribution < 1.29 is 22.7 Å². The molecule has 1 unspecified atom stereocenters. The zero-order valence-corrected chi connectivity index (χ0v) is 24.5. The molecule has 0 N–H and O–H groups in total. The molecule has 4 heterocycles. The summed E-state index contributed by atoms with van der Waals surface area (Å²) in [7, 11) is 1.34. The number of halogens is 3. The average Bonchev–Trinajstić information content (AvgIpc) is 3.57. The number of methoxy groups -OCH3 is 1. The van der Waals surface area contributed by atoms with E-state index < -0.39 is 29.4 Å². The monoisotopic (exact) mass is 625 g/mol. The lowest BCUT2D eigenvalue weighted by Gasteiger charge is -2.41. The van der Waals surface area contributed by atoms with Crippen molar-refractivity contribution >= 4 is 50.8 Å². The molecule has 0 bridgehead atoms. The number of pyridine rings is 1. The zero-order chi connectivity index (χ0) is 31.7. The fourth-order valence-corrected chi connectivity index (χ4v) is 6.00. The van der Waals surface area contributed by atoms with Crippen LogP contribution >= 0.6 is 11.3 Å². The van der Waals surface area contributed by atoms with Crippen LogP contribution in [0.2, 0.25) is 0 Å². The standard InChI is InChI=1S/C32H22F3N7O2S/c1-3-20-23(33)8-7-18-5-4-6-21(26(18)20)28-27(35)29-22(16-38-28)30(40-32(39-29)44-2)41-12-13-42(19(17-41)9-10-36)31(43)24(34)15-25-37-11-14-45-25/h1,4-8,11,14-16,19H,9,12-13,17H2,2H3/b24-15-. The summed E-state index contributed by atoms with van der Waals surface area (Å²) in [5.41, 5.74) is 0.0687. The van der Waals surface area contributed by atoms with Crippen LogP contribution in [0.1, 0.15) is 17.0 Å². The molecule has 1 atom stereocenters. The summed E-state index contributed by atoms with van der Waals surface area (Å²) in [6.07, 6.45) is 9.51. The molecule has 0 saturated carbocycles. The maximum absolute atomic E-state index is 16.4. The number of anilines is 1. The normalized spacial score (nSPS) is 15.2. The first-order valence-corrected chi connectivity index (χ1v) is 14.5. The largest absolute Gasteiger partial charge is 0.467 e. The van der Waals surface area contributed by atoms with E-state index >= 15 is 4.39 Å². The second-order valence-electron chi connectivity index (χ2n) is 10.0. The topological polar surface area (TPSA) is 108 Å². The van der Waals surface area contributed by atoms with Gasteiger partial charge in [0.2, 0.25) is 0 Å². The zero-order valence-electron chi connectivity index (χ0n) is 23.7. The first-order valence-electron chi connectivity index (χ1n) is 13.6. The molecule has 0 radical (unpaired) electrons. The number of benzene rings is 2. The lowest BCUT2D eigenvalue weighted by molar-refractivity contribution is -0.131. The Balaban J connectivity index is 1.40. The van der Waals surface area contributed by atoms with Gasteiger partial charge in [0.1, 0.15) is 27.9 Å². The fourth-order valence-electron chi connectivity index (χ4n) is 5.44. The lowest BCUT2D eigenvalue weighted by atomic mass is 9.96. The molecule has 224 valence electrons. The summed E-state index contributed by atoms with van der Waals surface area (Å²) in [6.45, 7) is 0.337. The third kappa shape index (κ3) is 5.39. The van der Waals surface area contributed by atoms with Crippen molar-refractivity contribution in [2.45, 2.75) is 12.5 Å². The van der Waals surface area contributed by atoms with Crippen molar-refractivity contribution in [3.8, 4) is 35.7 Å². The average molecular weight is 626 g/mol. The SMILES string of the molecule is C#Cc1c(F)ccc2cccc(-c3ncc4c(N5CCN(C(=O)/C(F)=C/c6nccs6)C(CC#N)C5)nc(OC)nc4c3F)c12. The van der Waals surface area contributed by atoms with E-state index in [9.17, 15) is 18.8 Å². The predicted octanol–water partition coefficient (Wildman–Crippen LogP) is 5.51. The van der Waals surface area contributed by atoms with Crippen LogP contribution in [-0.2, 0) is 4.79 Å². The van der Waals surface area contributed by atoms with Gasteiger partial charge >= 0.3 is 6.01 Å². The van der Waals surface area contributed by atoms with Crippen molar-refractivity contribution in [3.63, 3.8) is 0 Å². The number of carbonyl (C=O) groups excluding carboxylic acids is 1. The van der Waals surface area contributed by atoms with Crippen LogP contribution in [0.25, 0.3) is 39.0 Å². The van der Waals surface area contributed by atoms with Gasteiger partial charge in [-0.15, -0.1) is 17.8 Å². The van der Waals surface area contributed by atoms with E-state index in [0.717, 1.165) is 6.08 Å². The molecule has 3 aromatic heterocycles. The number of hydrogen-bond donors (Lipinski definition) is 0. The summed E-state index contributed by atoms with van der Waals surface area (Å²) >= 11 is 1.19. The summed E-state index contributed by atoms with van der Waals surface area (Å²) in [5, 5.41) is 12.7. The molecular formula is C32H22F3N7O2S. The Morgan fingerprint density at radius 2 is 2.07 bits per heavy atom. The number of nitriles is 1. The van der Waals surface area contributed by atoms with Gasteiger partial charge in [-0.1, -0.05) is 30.2 Å². The molecule has 2 aromatic carbocycles. The summed E-state index contributed by atoms with van der Waals surface area (Å²) in [4.78, 5) is 33.2. The number of hydrogen-bond acceptors (Lipinski definition) is 9. The quantitative estimate of drug-likeness (QED) is 0.180. The van der Waals surface area contributed by atoms with Gasteiger partial charge < -0.3 is 14.5 Å². The third-order valence-electron chi connectivity index (χ3n) is 7.50. The Labute approximate surface area is 259 Å². The molecule has 5 aromatic rings. The molecule has 1 fully saturated rings. The van der Waals surface area contributed by atoms with Gasteiger partial charge in [0.15, 0.2) is 11.6 Å². The number of piperazine rings is 1. The van der Waals surface area contributed by atoms with Crippen molar-refractivity contribution in [3.05, 3.63) is 76.1 Å². The van der Waals surface area contributed by atoms with Crippen molar-refractivity contribution in [1.82, 2.24) is 24.8 Å². The van der Waals surface area contributed by atoms with Gasteiger partial charge in [0, 0.05) is 54.4 Å². The van der Waals surface area contributed by atoms with Crippen LogP contribution in [0.4, 0.5) is 19.0 Å². The second-order valence-corrected chi connectivity index (χ2v) is 10.9. The van der Waals surface area contributed by atoms with E-state index in [-0.39, 0.29) is 65.6 Å². The van der Waals surface area contributed by atoms with E-state index in [4.69, 9.17) is 11.2 Å². The second kappa shape index (κ2) is 12.2. The van der Waals surface area contributed by atoms with Gasteiger partial charge in [-0.3, -0.25) is 9.78 Å². The van der Waals surface area contributed by atoms with Gasteiger partial charge in [-0.2, -0.15) is 15.2 Å². The molecule has 1 saturated heterocycles. The van der Waals surface area contributed by atoms with E-state index in [1.54, 1.807) is 34.5 Å². The number of rotatable bonds is 6. The first kappa shape index (κ1) is 29.5. The Kier molecular flexibility index (Phi) is 8.02. The molecule has 1 aliphatic heterocycles. The summed E-state index contributed by atoms with van der Waals surface area (Å²) in [5.74, 6) is -0.642. The van der Waals surface area contributed by atoms with Crippen LogP contribution in [0.5, 0.6) is 6.01 Å². The molecule has 9 nitrogen and oxygen atoms in total. The highest BCUT2D eigenvalue weighted by atomic mass is 32.1. The Morgan fingerprint density at radius 3 is 2.80 bits per heavy atom. The molecule has 45 heavy (non-hydrogen) atoms. The van der Waals surface area contributed by atoms with Gasteiger partial charge in [-0.25, -0.2) is 18.2 Å². The Bertz CT molecular complexity index is 2070. The van der Waals surface area contributed by atoms with Crippen LogP contribution in [-0.4, -0.2) is 63.5 Å². The maximum Gasteiger partial charge on any atom is 0.318 e. The summed E-state index contributed by atoms with van der Waals surface area (Å²) < 4.78 is 51.2. The van der Waals surface area contributed by atoms with E-state index in [1.807, 2.05) is 0 Å². The molecule has 1 amide bonds. The molecular weight excluding hydrogens is 603 g/mol. The highest BCUT2D eigenvalue weighted by Crippen LogP contribution is 2.37. The third-order valence-corrected chi connectivity index (χ3v) is 8.22. The van der Waals surface area contributed by atoms with Crippen LogP contribution in [0.15, 0.2) is 53.9 Å². The van der Waals surface area contributed by atoms with Gasteiger partial charge in [0.05, 0.1) is 36.6 Å². The molecule has 0 spiro atoms. The number of ether oxygens (including phenoxy) is 1.